The lowest BCUT2D eigenvalue weighted by molar-refractivity contribution is -0.112. The van der Waals surface area contributed by atoms with Gasteiger partial charge in [0.2, 0.25) is 0 Å². The summed E-state index contributed by atoms with van der Waals surface area (Å²) in [6, 6.07) is 15.6. The zero-order valence-electron chi connectivity index (χ0n) is 18.0. The number of aryl methyl sites for hydroxylation is 1. The van der Waals surface area contributed by atoms with Gasteiger partial charge in [0.05, 0.1) is 10.0 Å². The van der Waals surface area contributed by atoms with Crippen molar-refractivity contribution < 1.29 is 13.9 Å². The molecule has 170 valence electrons. The minimum Gasteiger partial charge on any atom is -0.488 e. The van der Waals surface area contributed by atoms with Crippen LogP contribution in [0.15, 0.2) is 52.5 Å². The maximum Gasteiger partial charge on any atom is 0.266 e. The summed E-state index contributed by atoms with van der Waals surface area (Å²) in [6.07, 6.45) is 5.32. The summed E-state index contributed by atoms with van der Waals surface area (Å²) in [6.45, 7) is 0.0678. The highest BCUT2D eigenvalue weighted by Gasteiger charge is 2.22. The summed E-state index contributed by atoms with van der Waals surface area (Å²) in [5.74, 6) is -0.395. The Morgan fingerprint density at radius 3 is 2.74 bits per heavy atom. The fourth-order valence-electron chi connectivity index (χ4n) is 3.75. The predicted octanol–water partition coefficient (Wildman–Crippen LogP) is 6.52. The molecule has 8 heteroatoms. The average Bonchev–Trinajstić information content (AvgIpc) is 3.19. The highest BCUT2D eigenvalue weighted by atomic mass is 79.9. The van der Waals surface area contributed by atoms with E-state index < -0.39 is 5.91 Å². The molecule has 1 heterocycles. The van der Waals surface area contributed by atoms with E-state index in [2.05, 4.69) is 27.3 Å². The van der Waals surface area contributed by atoms with Crippen LogP contribution in [0.3, 0.4) is 0 Å². The summed E-state index contributed by atoms with van der Waals surface area (Å²) in [7, 11) is 0. The van der Waals surface area contributed by atoms with E-state index in [0.29, 0.717) is 31.9 Å². The lowest BCUT2D eigenvalue weighted by Crippen LogP contribution is -2.13. The van der Waals surface area contributed by atoms with Gasteiger partial charge in [0.15, 0.2) is 0 Å². The first-order chi connectivity index (χ1) is 16.5. The highest BCUT2D eigenvalue weighted by Crippen LogP contribution is 2.38. The number of benzene rings is 2. The smallest absolute Gasteiger partial charge is 0.266 e. The summed E-state index contributed by atoms with van der Waals surface area (Å²) in [5.41, 5.74) is 2.50. The number of nitrogens with one attached hydrogen (secondary N) is 1. The molecule has 3 aromatic rings. The van der Waals surface area contributed by atoms with E-state index in [1.807, 2.05) is 6.07 Å². The Labute approximate surface area is 209 Å². The maximum atomic E-state index is 13.8. The second kappa shape index (κ2) is 10.6. The maximum absolute atomic E-state index is 13.8. The molecule has 0 fully saturated rings. The second-order valence-electron chi connectivity index (χ2n) is 7.72. The standard InChI is InChI=1S/C26H19BrFN3O2S/c27-21-12-16(9-10-23(21)33-15-17-5-1-3-7-22(17)28)11-18(13-29)25(32)31-26-20(14-30)19-6-2-4-8-24(19)34-26/h1,3,5,7,9-12H,2,4,6,8,15H2,(H,31,32)/b18-11+. The number of hydrogen-bond acceptors (Lipinski definition) is 5. The minimum atomic E-state index is -0.561. The predicted molar refractivity (Wildman–Crippen MR) is 133 cm³/mol. The quantitative estimate of drug-likeness (QED) is 0.287. The van der Waals surface area contributed by atoms with Crippen molar-refractivity contribution in [1.82, 2.24) is 0 Å². The van der Waals surface area contributed by atoms with Crippen LogP contribution in [-0.2, 0) is 24.2 Å². The van der Waals surface area contributed by atoms with Gasteiger partial charge in [0.1, 0.15) is 40.9 Å². The van der Waals surface area contributed by atoms with Crippen molar-refractivity contribution in [3.8, 4) is 17.9 Å². The number of thiophene rings is 1. The van der Waals surface area contributed by atoms with Gasteiger partial charge in [0.25, 0.3) is 5.91 Å². The molecule has 0 saturated heterocycles. The number of halogens is 2. The van der Waals surface area contributed by atoms with Crippen LogP contribution in [0.25, 0.3) is 6.08 Å². The fourth-order valence-corrected chi connectivity index (χ4v) is 5.50. The molecule has 0 radical (unpaired) electrons. The molecule has 1 aromatic heterocycles. The lowest BCUT2D eigenvalue weighted by atomic mass is 9.96. The number of carbonyl (C=O) groups excluding carboxylic acids is 1. The number of ether oxygens (including phenoxy) is 1. The molecule has 1 N–H and O–H groups in total. The molecule has 5 nitrogen and oxygen atoms in total. The van der Waals surface area contributed by atoms with Crippen LogP contribution < -0.4 is 10.1 Å². The summed E-state index contributed by atoms with van der Waals surface area (Å²) < 4.78 is 20.1. The van der Waals surface area contributed by atoms with Gasteiger partial charge >= 0.3 is 0 Å². The average molecular weight is 536 g/mol. The van der Waals surface area contributed by atoms with E-state index in [9.17, 15) is 19.7 Å². The number of carbonyl (C=O) groups is 1. The van der Waals surface area contributed by atoms with E-state index in [1.54, 1.807) is 36.4 Å². The monoisotopic (exact) mass is 535 g/mol. The van der Waals surface area contributed by atoms with E-state index in [0.717, 1.165) is 36.1 Å². The Balaban J connectivity index is 1.49. The number of amides is 1. The number of anilines is 1. The summed E-state index contributed by atoms with van der Waals surface area (Å²) in [5, 5.41) is 22.4. The van der Waals surface area contributed by atoms with Gasteiger partial charge < -0.3 is 10.1 Å². The Kier molecular flexibility index (Phi) is 7.42. The van der Waals surface area contributed by atoms with Crippen LogP contribution in [0.5, 0.6) is 5.75 Å². The molecule has 0 saturated carbocycles. The molecule has 1 aliphatic carbocycles. The molecule has 0 spiro atoms. The van der Waals surface area contributed by atoms with E-state index in [1.165, 1.54) is 23.5 Å². The third-order valence-corrected chi connectivity index (χ3v) is 7.31. The van der Waals surface area contributed by atoms with E-state index in [4.69, 9.17) is 4.74 Å². The largest absolute Gasteiger partial charge is 0.488 e. The SMILES string of the molecule is N#C/C(=C\c1ccc(OCc2ccccc2F)c(Br)c1)C(=O)Nc1sc2c(c1C#N)CCCC2. The number of hydrogen-bond donors (Lipinski definition) is 1. The molecular weight excluding hydrogens is 517 g/mol. The second-order valence-corrected chi connectivity index (χ2v) is 9.68. The van der Waals surface area contributed by atoms with Crippen molar-refractivity contribution in [3.05, 3.63) is 85.5 Å². The van der Waals surface area contributed by atoms with Gasteiger partial charge in [-0.2, -0.15) is 10.5 Å². The van der Waals surface area contributed by atoms with Gasteiger partial charge in [-0.15, -0.1) is 11.3 Å². The van der Waals surface area contributed by atoms with E-state index in [-0.39, 0.29) is 18.0 Å². The molecule has 1 amide bonds. The Bertz CT molecular complexity index is 1370. The molecule has 4 rings (SSSR count). The van der Waals surface area contributed by atoms with Gasteiger partial charge in [-0.1, -0.05) is 24.3 Å². The first-order valence-electron chi connectivity index (χ1n) is 10.6. The number of rotatable bonds is 6. The van der Waals surface area contributed by atoms with Gasteiger partial charge in [0, 0.05) is 10.4 Å². The van der Waals surface area contributed by atoms with Crippen LogP contribution >= 0.6 is 27.3 Å². The molecule has 0 bridgehead atoms. The molecule has 34 heavy (non-hydrogen) atoms. The minimum absolute atomic E-state index is 0.0678. The van der Waals surface area contributed by atoms with Gasteiger partial charge in [-0.05, 0) is 77.0 Å². The first kappa shape index (κ1) is 23.7. The van der Waals surface area contributed by atoms with Crippen LogP contribution in [-0.4, -0.2) is 5.91 Å². The number of nitriles is 2. The van der Waals surface area contributed by atoms with Crippen LogP contribution in [0.1, 0.15) is 40.0 Å². The highest BCUT2D eigenvalue weighted by molar-refractivity contribution is 9.10. The fraction of sp³-hybridized carbons (Fsp3) is 0.192. The zero-order chi connectivity index (χ0) is 24.1. The third kappa shape index (κ3) is 5.20. The Morgan fingerprint density at radius 1 is 1.21 bits per heavy atom. The van der Waals surface area contributed by atoms with E-state index >= 15 is 0 Å². The molecule has 0 atom stereocenters. The first-order valence-corrected chi connectivity index (χ1v) is 12.2. The summed E-state index contributed by atoms with van der Waals surface area (Å²) >= 11 is 4.84. The van der Waals surface area contributed by atoms with Crippen LogP contribution in [0.4, 0.5) is 9.39 Å². The lowest BCUT2D eigenvalue weighted by Gasteiger charge is -2.10. The number of fused-ring (bicyclic) bond motifs is 1. The van der Waals surface area contributed by atoms with Crippen LogP contribution in [0, 0.1) is 28.5 Å². The topological polar surface area (TPSA) is 85.9 Å². The van der Waals surface area contributed by atoms with Crippen molar-refractivity contribution in [2.24, 2.45) is 0 Å². The van der Waals surface area contributed by atoms with Gasteiger partial charge in [-0.3, -0.25) is 4.79 Å². The number of nitrogens with zero attached hydrogens (tertiary/aromatic N) is 2. The van der Waals surface area contributed by atoms with Gasteiger partial charge in [-0.25, -0.2) is 4.39 Å². The third-order valence-electron chi connectivity index (χ3n) is 5.48. The van der Waals surface area contributed by atoms with Crippen molar-refractivity contribution in [2.45, 2.75) is 32.3 Å². The molecule has 1 aliphatic rings. The Hall–Kier alpha value is -3.46. The van der Waals surface area contributed by atoms with Crippen LogP contribution in [0.2, 0.25) is 0 Å². The van der Waals surface area contributed by atoms with Crippen molar-refractivity contribution in [1.29, 1.82) is 10.5 Å². The molecular formula is C26H19BrFN3O2S. The Morgan fingerprint density at radius 2 is 2.00 bits per heavy atom. The molecule has 0 unspecified atom stereocenters. The normalized spacial score (nSPS) is 12.9. The van der Waals surface area contributed by atoms with Crippen molar-refractivity contribution in [3.63, 3.8) is 0 Å². The molecule has 2 aromatic carbocycles. The zero-order valence-corrected chi connectivity index (χ0v) is 20.4. The van der Waals surface area contributed by atoms with Crippen molar-refractivity contribution >= 4 is 44.3 Å². The van der Waals surface area contributed by atoms with Crippen molar-refractivity contribution in [2.75, 3.05) is 5.32 Å². The molecule has 0 aliphatic heterocycles. The summed E-state index contributed by atoms with van der Waals surface area (Å²) in [4.78, 5) is 13.9.